The number of rotatable bonds is 1. The van der Waals surface area contributed by atoms with Crippen LogP contribution in [0.1, 0.15) is 28.8 Å². The predicted molar refractivity (Wildman–Crippen MR) is 71.9 cm³/mol. The fourth-order valence-corrected chi connectivity index (χ4v) is 2.67. The molecular formula is C14H17N3O2. The van der Waals surface area contributed by atoms with Crippen LogP contribution in [0.25, 0.3) is 0 Å². The Bertz CT molecular complexity index is 541. The molecule has 100 valence electrons. The normalized spacial score (nSPS) is 22.1. The molecule has 3 N–H and O–H groups in total. The number of benzene rings is 1. The summed E-state index contributed by atoms with van der Waals surface area (Å²) in [4.78, 5) is 25.4. The third-order valence-corrected chi connectivity index (χ3v) is 3.76. The van der Waals surface area contributed by atoms with Crippen molar-refractivity contribution >= 4 is 17.5 Å². The Morgan fingerprint density at radius 3 is 2.95 bits per heavy atom. The lowest BCUT2D eigenvalue weighted by Gasteiger charge is -2.20. The summed E-state index contributed by atoms with van der Waals surface area (Å²) in [6.07, 6.45) is 2.05. The number of carbonyl (C=O) groups excluding carboxylic acids is 2. The van der Waals surface area contributed by atoms with E-state index in [9.17, 15) is 9.59 Å². The number of hydrogen-bond acceptors (Lipinski definition) is 3. The topological polar surface area (TPSA) is 75.4 Å². The smallest absolute Gasteiger partial charge is 0.253 e. The van der Waals surface area contributed by atoms with Gasteiger partial charge in [-0.15, -0.1) is 0 Å². The first-order valence-corrected chi connectivity index (χ1v) is 6.61. The van der Waals surface area contributed by atoms with E-state index in [1.807, 2.05) is 12.1 Å². The molecular weight excluding hydrogens is 242 g/mol. The van der Waals surface area contributed by atoms with Crippen molar-refractivity contribution in [3.63, 3.8) is 0 Å². The first-order valence-electron chi connectivity index (χ1n) is 6.61. The Balaban J connectivity index is 1.82. The molecule has 0 bridgehead atoms. The summed E-state index contributed by atoms with van der Waals surface area (Å²) < 4.78 is 0. The lowest BCUT2D eigenvalue weighted by atomic mass is 10.00. The number of anilines is 1. The average molecular weight is 259 g/mol. The number of hydrogen-bond donors (Lipinski definition) is 2. The number of nitrogens with one attached hydrogen (secondary N) is 1. The SMILES string of the molecule is N[C@H]1CCN(C(=O)c2ccc3c(c2)CCC(=O)N3)C1. The molecule has 2 aliphatic heterocycles. The van der Waals surface area contributed by atoms with Crippen molar-refractivity contribution in [2.24, 2.45) is 5.73 Å². The zero-order chi connectivity index (χ0) is 13.4. The molecule has 1 aromatic rings. The highest BCUT2D eigenvalue weighted by molar-refractivity contribution is 5.98. The van der Waals surface area contributed by atoms with E-state index >= 15 is 0 Å². The summed E-state index contributed by atoms with van der Waals surface area (Å²) in [7, 11) is 0. The summed E-state index contributed by atoms with van der Waals surface area (Å²) in [5.74, 6) is 0.0738. The number of aryl methyl sites for hydroxylation is 1. The zero-order valence-corrected chi connectivity index (χ0v) is 10.7. The Morgan fingerprint density at radius 2 is 2.21 bits per heavy atom. The van der Waals surface area contributed by atoms with Gasteiger partial charge in [0.2, 0.25) is 5.91 Å². The maximum Gasteiger partial charge on any atom is 0.253 e. The Morgan fingerprint density at radius 1 is 1.37 bits per heavy atom. The Hall–Kier alpha value is -1.88. The predicted octanol–water partition coefficient (Wildman–Crippen LogP) is 0.744. The Labute approximate surface area is 111 Å². The van der Waals surface area contributed by atoms with Gasteiger partial charge in [-0.1, -0.05) is 0 Å². The summed E-state index contributed by atoms with van der Waals surface area (Å²) in [6, 6.07) is 5.58. The first kappa shape index (κ1) is 12.2. The number of carbonyl (C=O) groups is 2. The van der Waals surface area contributed by atoms with Crippen molar-refractivity contribution in [1.82, 2.24) is 4.90 Å². The minimum absolute atomic E-state index is 0.0349. The standard InChI is InChI=1S/C14H17N3O2/c15-11-5-6-17(8-11)14(19)10-1-3-12-9(7-10)2-4-13(18)16-12/h1,3,7,11H,2,4-6,8,15H2,(H,16,18)/t11-/m0/s1. The summed E-state index contributed by atoms with van der Waals surface area (Å²) in [6.45, 7) is 1.36. The molecule has 19 heavy (non-hydrogen) atoms. The van der Waals surface area contributed by atoms with E-state index in [-0.39, 0.29) is 17.9 Å². The van der Waals surface area contributed by atoms with Crippen LogP contribution in [0, 0.1) is 0 Å². The van der Waals surface area contributed by atoms with Gasteiger partial charge in [-0.3, -0.25) is 9.59 Å². The van der Waals surface area contributed by atoms with Crippen LogP contribution in [-0.4, -0.2) is 35.8 Å². The van der Waals surface area contributed by atoms with Gasteiger partial charge >= 0.3 is 0 Å². The number of nitrogens with zero attached hydrogens (tertiary/aromatic N) is 1. The highest BCUT2D eigenvalue weighted by atomic mass is 16.2. The van der Waals surface area contributed by atoms with Gasteiger partial charge in [0.1, 0.15) is 0 Å². The molecule has 0 spiro atoms. The molecule has 0 aromatic heterocycles. The molecule has 3 rings (SSSR count). The number of nitrogens with two attached hydrogens (primary N) is 1. The third-order valence-electron chi connectivity index (χ3n) is 3.76. The van der Waals surface area contributed by atoms with Gasteiger partial charge in [0.15, 0.2) is 0 Å². The number of likely N-dealkylation sites (tertiary alicyclic amines) is 1. The van der Waals surface area contributed by atoms with Gasteiger partial charge in [-0.2, -0.15) is 0 Å². The summed E-state index contributed by atoms with van der Waals surface area (Å²) >= 11 is 0. The van der Waals surface area contributed by atoms with Gasteiger partial charge < -0.3 is 16.0 Å². The monoisotopic (exact) mass is 259 g/mol. The molecule has 0 unspecified atom stereocenters. The van der Waals surface area contributed by atoms with Gasteiger partial charge in [-0.05, 0) is 36.6 Å². The molecule has 1 saturated heterocycles. The number of fused-ring (bicyclic) bond motifs is 1. The lowest BCUT2D eigenvalue weighted by molar-refractivity contribution is -0.116. The zero-order valence-electron chi connectivity index (χ0n) is 10.7. The molecule has 2 aliphatic rings. The molecule has 1 fully saturated rings. The van der Waals surface area contributed by atoms with Gasteiger partial charge in [0.25, 0.3) is 5.91 Å². The van der Waals surface area contributed by atoms with Crippen LogP contribution in [0.4, 0.5) is 5.69 Å². The van der Waals surface area contributed by atoms with Crippen LogP contribution >= 0.6 is 0 Å². The van der Waals surface area contributed by atoms with E-state index in [1.165, 1.54) is 0 Å². The maximum atomic E-state index is 12.3. The molecule has 5 heteroatoms. The number of amides is 2. The third kappa shape index (κ3) is 2.33. The maximum absolute atomic E-state index is 12.3. The second-order valence-corrected chi connectivity index (χ2v) is 5.22. The molecule has 2 heterocycles. The van der Waals surface area contributed by atoms with Crippen LogP contribution in [0.15, 0.2) is 18.2 Å². The van der Waals surface area contributed by atoms with E-state index in [1.54, 1.807) is 11.0 Å². The van der Waals surface area contributed by atoms with Crippen molar-refractivity contribution in [2.45, 2.75) is 25.3 Å². The van der Waals surface area contributed by atoms with Crippen molar-refractivity contribution in [3.8, 4) is 0 Å². The molecule has 1 aromatic carbocycles. The quantitative estimate of drug-likeness (QED) is 0.781. The second kappa shape index (κ2) is 4.66. The molecule has 5 nitrogen and oxygen atoms in total. The minimum atomic E-state index is 0.0349. The molecule has 0 saturated carbocycles. The molecule has 1 atom stereocenters. The van der Waals surface area contributed by atoms with Crippen LogP contribution in [0.5, 0.6) is 0 Å². The van der Waals surface area contributed by atoms with E-state index < -0.39 is 0 Å². The van der Waals surface area contributed by atoms with E-state index in [0.29, 0.717) is 24.9 Å². The lowest BCUT2D eigenvalue weighted by Crippen LogP contribution is -2.32. The van der Waals surface area contributed by atoms with Gasteiger partial charge in [0, 0.05) is 36.8 Å². The van der Waals surface area contributed by atoms with Crippen LogP contribution < -0.4 is 11.1 Å². The van der Waals surface area contributed by atoms with E-state index in [2.05, 4.69) is 5.32 Å². The van der Waals surface area contributed by atoms with Crippen molar-refractivity contribution < 1.29 is 9.59 Å². The minimum Gasteiger partial charge on any atom is -0.337 e. The Kier molecular flexibility index (Phi) is 2.98. The molecule has 0 radical (unpaired) electrons. The average Bonchev–Trinajstić information content (AvgIpc) is 2.84. The van der Waals surface area contributed by atoms with Crippen molar-refractivity contribution in [1.29, 1.82) is 0 Å². The highest BCUT2D eigenvalue weighted by Gasteiger charge is 2.25. The van der Waals surface area contributed by atoms with E-state index in [0.717, 1.165) is 24.2 Å². The summed E-state index contributed by atoms with van der Waals surface area (Å²) in [5.41, 5.74) is 8.37. The van der Waals surface area contributed by atoms with Gasteiger partial charge in [0.05, 0.1) is 0 Å². The first-order chi connectivity index (χ1) is 9.13. The van der Waals surface area contributed by atoms with Crippen molar-refractivity contribution in [2.75, 3.05) is 18.4 Å². The van der Waals surface area contributed by atoms with Crippen LogP contribution in [0.3, 0.4) is 0 Å². The van der Waals surface area contributed by atoms with E-state index in [4.69, 9.17) is 5.73 Å². The fourth-order valence-electron chi connectivity index (χ4n) is 2.67. The largest absolute Gasteiger partial charge is 0.337 e. The van der Waals surface area contributed by atoms with Crippen LogP contribution in [-0.2, 0) is 11.2 Å². The highest BCUT2D eigenvalue weighted by Crippen LogP contribution is 2.24. The second-order valence-electron chi connectivity index (χ2n) is 5.22. The fraction of sp³-hybridized carbons (Fsp3) is 0.429. The van der Waals surface area contributed by atoms with Gasteiger partial charge in [-0.25, -0.2) is 0 Å². The van der Waals surface area contributed by atoms with Crippen molar-refractivity contribution in [3.05, 3.63) is 29.3 Å². The molecule has 0 aliphatic carbocycles. The molecule has 2 amide bonds. The summed E-state index contributed by atoms with van der Waals surface area (Å²) in [5, 5.41) is 2.82. The van der Waals surface area contributed by atoms with Crippen LogP contribution in [0.2, 0.25) is 0 Å².